The quantitative estimate of drug-likeness (QED) is 0.712. The van der Waals surface area contributed by atoms with Gasteiger partial charge in [-0.3, -0.25) is 4.79 Å². The summed E-state index contributed by atoms with van der Waals surface area (Å²) in [6.07, 6.45) is 1.70. The van der Waals surface area contributed by atoms with Crippen molar-refractivity contribution in [3.05, 3.63) is 65.2 Å². The monoisotopic (exact) mass is 390 g/mol. The number of rotatable bonds is 9. The van der Waals surface area contributed by atoms with Crippen LogP contribution in [0, 0.1) is 6.92 Å². The van der Waals surface area contributed by atoms with Gasteiger partial charge in [-0.1, -0.05) is 24.3 Å². The van der Waals surface area contributed by atoms with Gasteiger partial charge in [-0.15, -0.1) is 0 Å². The van der Waals surface area contributed by atoms with Gasteiger partial charge in [0.25, 0.3) is 5.91 Å². The van der Waals surface area contributed by atoms with Gasteiger partial charge in [0.15, 0.2) is 0 Å². The first kappa shape index (κ1) is 20.9. The van der Waals surface area contributed by atoms with Gasteiger partial charge in [0, 0.05) is 19.2 Å². The Morgan fingerprint density at radius 2 is 1.85 bits per heavy atom. The van der Waals surface area contributed by atoms with Crippen LogP contribution in [0.4, 0.5) is 0 Å². The molecule has 7 heteroatoms. The van der Waals surface area contributed by atoms with Crippen molar-refractivity contribution in [2.24, 2.45) is 0 Å². The third-order valence-corrected chi connectivity index (χ3v) is 4.74. The molecule has 0 radical (unpaired) electrons. The van der Waals surface area contributed by atoms with Crippen LogP contribution in [0.15, 0.2) is 48.5 Å². The molecule has 0 bridgehead atoms. The van der Waals surface area contributed by atoms with Gasteiger partial charge >= 0.3 is 0 Å². The number of sulfonamides is 1. The molecular formula is C20H26N2O4S. The van der Waals surface area contributed by atoms with E-state index in [0.717, 1.165) is 23.1 Å². The molecule has 1 amide bonds. The van der Waals surface area contributed by atoms with E-state index in [9.17, 15) is 13.2 Å². The number of aryl methyl sites for hydroxylation is 1. The fraction of sp³-hybridized carbons (Fsp3) is 0.350. The van der Waals surface area contributed by atoms with Crippen molar-refractivity contribution in [2.45, 2.75) is 13.3 Å². The van der Waals surface area contributed by atoms with Gasteiger partial charge in [0.05, 0.1) is 12.8 Å². The van der Waals surface area contributed by atoms with Crippen LogP contribution in [0.1, 0.15) is 21.5 Å². The first-order valence-electron chi connectivity index (χ1n) is 8.73. The summed E-state index contributed by atoms with van der Waals surface area (Å²) >= 11 is 0. The number of hydrogen-bond donors (Lipinski definition) is 1. The summed E-state index contributed by atoms with van der Waals surface area (Å²) in [5, 5.41) is 0. The molecule has 2 aromatic carbocycles. The second-order valence-corrected chi connectivity index (χ2v) is 8.34. The van der Waals surface area contributed by atoms with Crippen LogP contribution in [0.3, 0.4) is 0 Å². The van der Waals surface area contributed by atoms with Crippen LogP contribution in [0.5, 0.6) is 5.75 Å². The van der Waals surface area contributed by atoms with Crippen LogP contribution in [0.2, 0.25) is 0 Å². The number of amides is 1. The summed E-state index contributed by atoms with van der Waals surface area (Å²) in [6, 6.07) is 15.0. The minimum atomic E-state index is -3.18. The standard InChI is InChI=1S/C20H26N2O4S/c1-16-5-4-6-19(15-16)26-14-13-22(2)20(23)18-9-7-17(8-10-18)11-12-21-27(3,24)25/h4-10,15,21H,11-14H2,1-3H3. The fourth-order valence-electron chi connectivity index (χ4n) is 2.52. The molecule has 0 aromatic heterocycles. The molecule has 0 heterocycles. The SMILES string of the molecule is Cc1cccc(OCCN(C)C(=O)c2ccc(CCNS(C)(=O)=O)cc2)c1. The number of likely N-dealkylation sites (N-methyl/N-ethyl adjacent to an activating group) is 1. The van der Waals surface area contributed by atoms with Crippen LogP contribution >= 0.6 is 0 Å². The summed E-state index contributed by atoms with van der Waals surface area (Å²) in [4.78, 5) is 14.1. The van der Waals surface area contributed by atoms with Gasteiger partial charge in [-0.05, 0) is 48.7 Å². The van der Waals surface area contributed by atoms with Gasteiger partial charge in [0.1, 0.15) is 12.4 Å². The molecule has 6 nitrogen and oxygen atoms in total. The smallest absolute Gasteiger partial charge is 0.253 e. The van der Waals surface area contributed by atoms with E-state index >= 15 is 0 Å². The average Bonchev–Trinajstić information content (AvgIpc) is 2.60. The molecule has 1 N–H and O–H groups in total. The van der Waals surface area contributed by atoms with Crippen LogP contribution in [-0.4, -0.2) is 52.2 Å². The normalized spacial score (nSPS) is 11.2. The Labute approximate surface area is 161 Å². The summed E-state index contributed by atoms with van der Waals surface area (Å²) < 4.78 is 30.3. The molecule has 0 aliphatic rings. The number of carbonyl (C=O) groups is 1. The Kier molecular flexibility index (Phi) is 7.38. The number of carbonyl (C=O) groups excluding carboxylic acids is 1. The fourth-order valence-corrected chi connectivity index (χ4v) is 3.00. The molecule has 0 unspecified atom stereocenters. The molecule has 2 aromatic rings. The van der Waals surface area contributed by atoms with E-state index in [1.165, 1.54) is 0 Å². The zero-order valence-corrected chi connectivity index (χ0v) is 16.8. The maximum absolute atomic E-state index is 12.5. The summed E-state index contributed by atoms with van der Waals surface area (Å²) in [6.45, 7) is 3.24. The molecule has 0 atom stereocenters. The Morgan fingerprint density at radius 3 is 2.48 bits per heavy atom. The van der Waals surface area contributed by atoms with Gasteiger partial charge < -0.3 is 9.64 Å². The minimum Gasteiger partial charge on any atom is -0.492 e. The first-order chi connectivity index (χ1) is 12.7. The molecule has 0 fully saturated rings. The molecular weight excluding hydrogens is 364 g/mol. The molecule has 0 aliphatic heterocycles. The second-order valence-electron chi connectivity index (χ2n) is 6.51. The van der Waals surface area contributed by atoms with Crippen molar-refractivity contribution in [3.8, 4) is 5.75 Å². The highest BCUT2D eigenvalue weighted by molar-refractivity contribution is 7.88. The van der Waals surface area contributed by atoms with Crippen molar-refractivity contribution in [1.29, 1.82) is 0 Å². The van der Waals surface area contributed by atoms with Gasteiger partial charge in [-0.2, -0.15) is 0 Å². The van der Waals surface area contributed by atoms with Crippen molar-refractivity contribution in [1.82, 2.24) is 9.62 Å². The third kappa shape index (κ3) is 7.40. The molecule has 0 saturated heterocycles. The van der Waals surface area contributed by atoms with Crippen molar-refractivity contribution in [2.75, 3.05) is 33.0 Å². The lowest BCUT2D eigenvalue weighted by molar-refractivity contribution is 0.0773. The third-order valence-electron chi connectivity index (χ3n) is 4.01. The Balaban J connectivity index is 1.81. The number of benzene rings is 2. The summed E-state index contributed by atoms with van der Waals surface area (Å²) in [7, 11) is -1.44. The van der Waals surface area contributed by atoms with E-state index in [0.29, 0.717) is 31.7 Å². The van der Waals surface area contributed by atoms with Crippen molar-refractivity contribution < 1.29 is 17.9 Å². The maximum Gasteiger partial charge on any atom is 0.253 e. The number of nitrogens with one attached hydrogen (secondary N) is 1. The maximum atomic E-state index is 12.5. The first-order valence-corrected chi connectivity index (χ1v) is 10.6. The lowest BCUT2D eigenvalue weighted by atomic mass is 10.1. The van der Waals surface area contributed by atoms with Gasteiger partial charge in [-0.25, -0.2) is 13.1 Å². The lowest BCUT2D eigenvalue weighted by Gasteiger charge is -2.18. The van der Waals surface area contributed by atoms with E-state index in [-0.39, 0.29) is 5.91 Å². The number of nitrogens with zero attached hydrogens (tertiary/aromatic N) is 1. The van der Waals surface area contributed by atoms with Crippen molar-refractivity contribution in [3.63, 3.8) is 0 Å². The highest BCUT2D eigenvalue weighted by Gasteiger charge is 2.11. The van der Waals surface area contributed by atoms with E-state index in [1.807, 2.05) is 43.3 Å². The summed E-state index contributed by atoms with van der Waals surface area (Å²) in [5.41, 5.74) is 2.68. The highest BCUT2D eigenvalue weighted by atomic mass is 32.2. The van der Waals surface area contributed by atoms with Gasteiger partial charge in [0.2, 0.25) is 10.0 Å². The van der Waals surface area contributed by atoms with E-state index in [1.54, 1.807) is 24.1 Å². The lowest BCUT2D eigenvalue weighted by Crippen LogP contribution is -2.30. The second kappa shape index (κ2) is 9.53. The molecule has 27 heavy (non-hydrogen) atoms. The largest absolute Gasteiger partial charge is 0.492 e. The van der Waals surface area contributed by atoms with E-state index in [4.69, 9.17) is 4.74 Å². The Bertz CT molecular complexity index is 864. The Hall–Kier alpha value is -2.38. The molecule has 0 spiro atoms. The molecule has 0 saturated carbocycles. The zero-order chi connectivity index (χ0) is 19.9. The van der Waals surface area contributed by atoms with Crippen molar-refractivity contribution >= 4 is 15.9 Å². The predicted molar refractivity (Wildman–Crippen MR) is 107 cm³/mol. The predicted octanol–water partition coefficient (Wildman–Crippen LogP) is 2.24. The summed E-state index contributed by atoms with van der Waals surface area (Å²) in [5.74, 6) is 0.714. The number of ether oxygens (including phenoxy) is 1. The number of hydrogen-bond acceptors (Lipinski definition) is 4. The molecule has 0 aliphatic carbocycles. The van der Waals surface area contributed by atoms with E-state index < -0.39 is 10.0 Å². The van der Waals surface area contributed by atoms with Crippen LogP contribution in [0.25, 0.3) is 0 Å². The minimum absolute atomic E-state index is 0.0800. The zero-order valence-electron chi connectivity index (χ0n) is 15.9. The van der Waals surface area contributed by atoms with Crippen LogP contribution < -0.4 is 9.46 Å². The molecule has 2 rings (SSSR count). The topological polar surface area (TPSA) is 75.7 Å². The van der Waals surface area contributed by atoms with E-state index in [2.05, 4.69) is 4.72 Å². The molecule has 146 valence electrons. The Morgan fingerprint density at radius 1 is 1.15 bits per heavy atom. The van der Waals surface area contributed by atoms with Crippen LogP contribution in [-0.2, 0) is 16.4 Å². The highest BCUT2D eigenvalue weighted by Crippen LogP contribution is 2.12. The average molecular weight is 391 g/mol.